The number of amides is 1. The lowest BCUT2D eigenvalue weighted by atomic mass is 10.2. The van der Waals surface area contributed by atoms with E-state index < -0.39 is 0 Å². The number of aromatic nitrogens is 2. The van der Waals surface area contributed by atoms with Crippen LogP contribution in [0.1, 0.15) is 15.9 Å². The second-order valence-corrected chi connectivity index (χ2v) is 4.56. The largest absolute Gasteiger partial charge is 0.381 e. The Kier molecular flexibility index (Phi) is 4.06. The number of aryl methyl sites for hydroxylation is 1. The second kappa shape index (κ2) is 5.75. The van der Waals surface area contributed by atoms with Crippen LogP contribution in [0, 0.1) is 0 Å². The lowest BCUT2D eigenvalue weighted by Crippen LogP contribution is -2.18. The molecule has 0 saturated heterocycles. The fourth-order valence-electron chi connectivity index (χ4n) is 1.71. The van der Waals surface area contributed by atoms with Gasteiger partial charge in [-0.05, 0) is 18.2 Å². The zero-order chi connectivity index (χ0) is 13.8. The van der Waals surface area contributed by atoms with E-state index in [0.29, 0.717) is 17.1 Å². The standard InChI is InChI=1S/C13H15ClN4O/c1-15-13(19)11-5-10(3-4-12(11)14)16-6-9-7-17-18(2)8-9/h3-5,7-8,16H,6H2,1-2H3,(H,15,19). The highest BCUT2D eigenvalue weighted by Gasteiger charge is 2.09. The SMILES string of the molecule is CNC(=O)c1cc(NCc2cnn(C)c2)ccc1Cl. The Hall–Kier alpha value is -2.01. The van der Waals surface area contributed by atoms with E-state index in [1.807, 2.05) is 19.3 Å². The molecule has 1 heterocycles. The molecule has 0 aliphatic rings. The minimum atomic E-state index is -0.199. The molecule has 1 aromatic heterocycles. The van der Waals surface area contributed by atoms with Crippen LogP contribution in [0.2, 0.25) is 5.02 Å². The van der Waals surface area contributed by atoms with Crippen molar-refractivity contribution in [2.75, 3.05) is 12.4 Å². The van der Waals surface area contributed by atoms with Crippen molar-refractivity contribution < 1.29 is 4.79 Å². The van der Waals surface area contributed by atoms with E-state index in [1.165, 1.54) is 0 Å². The van der Waals surface area contributed by atoms with Crippen molar-refractivity contribution in [3.8, 4) is 0 Å². The van der Waals surface area contributed by atoms with Crippen LogP contribution in [0.3, 0.4) is 0 Å². The molecule has 2 aromatic rings. The van der Waals surface area contributed by atoms with Crippen LogP contribution in [-0.4, -0.2) is 22.7 Å². The highest BCUT2D eigenvalue weighted by Crippen LogP contribution is 2.21. The van der Waals surface area contributed by atoms with E-state index in [0.717, 1.165) is 11.3 Å². The number of nitrogens with one attached hydrogen (secondary N) is 2. The Morgan fingerprint density at radius 3 is 2.89 bits per heavy atom. The summed E-state index contributed by atoms with van der Waals surface area (Å²) in [4.78, 5) is 11.6. The number of anilines is 1. The summed E-state index contributed by atoms with van der Waals surface area (Å²) in [5.41, 5.74) is 2.37. The summed E-state index contributed by atoms with van der Waals surface area (Å²) in [7, 11) is 3.45. The first-order valence-corrected chi connectivity index (χ1v) is 6.21. The van der Waals surface area contributed by atoms with Crippen molar-refractivity contribution >= 4 is 23.2 Å². The molecule has 0 fully saturated rings. The zero-order valence-electron chi connectivity index (χ0n) is 10.8. The highest BCUT2D eigenvalue weighted by molar-refractivity contribution is 6.34. The average molecular weight is 279 g/mol. The lowest BCUT2D eigenvalue weighted by Gasteiger charge is -2.08. The summed E-state index contributed by atoms with van der Waals surface area (Å²) in [6, 6.07) is 5.28. The molecule has 0 spiro atoms. The van der Waals surface area contributed by atoms with Gasteiger partial charge >= 0.3 is 0 Å². The van der Waals surface area contributed by atoms with Gasteiger partial charge < -0.3 is 10.6 Å². The van der Waals surface area contributed by atoms with Gasteiger partial charge in [-0.15, -0.1) is 0 Å². The predicted octanol–water partition coefficient (Wildman–Crippen LogP) is 2.05. The van der Waals surface area contributed by atoms with Crippen molar-refractivity contribution in [3.05, 3.63) is 46.7 Å². The van der Waals surface area contributed by atoms with E-state index in [9.17, 15) is 4.79 Å². The lowest BCUT2D eigenvalue weighted by molar-refractivity contribution is 0.0963. The molecule has 2 rings (SSSR count). The smallest absolute Gasteiger partial charge is 0.252 e. The molecular weight excluding hydrogens is 264 g/mol. The maximum Gasteiger partial charge on any atom is 0.252 e. The van der Waals surface area contributed by atoms with E-state index >= 15 is 0 Å². The molecule has 100 valence electrons. The Balaban J connectivity index is 2.10. The molecule has 0 aliphatic carbocycles. The number of carbonyl (C=O) groups excluding carboxylic acids is 1. The Labute approximate surface area is 116 Å². The van der Waals surface area contributed by atoms with Crippen molar-refractivity contribution in [3.63, 3.8) is 0 Å². The molecule has 1 aromatic carbocycles. The fourth-order valence-corrected chi connectivity index (χ4v) is 1.91. The summed E-state index contributed by atoms with van der Waals surface area (Å²) >= 11 is 5.99. The molecule has 5 nitrogen and oxygen atoms in total. The summed E-state index contributed by atoms with van der Waals surface area (Å²) < 4.78 is 1.74. The molecule has 0 saturated carbocycles. The van der Waals surface area contributed by atoms with Crippen molar-refractivity contribution in [2.24, 2.45) is 7.05 Å². The second-order valence-electron chi connectivity index (χ2n) is 4.15. The first kappa shape index (κ1) is 13.4. The predicted molar refractivity (Wildman–Crippen MR) is 75.4 cm³/mol. The van der Waals surface area contributed by atoms with Gasteiger partial charge in [-0.3, -0.25) is 9.48 Å². The zero-order valence-corrected chi connectivity index (χ0v) is 11.5. The summed E-state index contributed by atoms with van der Waals surface area (Å²) in [6.45, 7) is 0.642. The van der Waals surface area contributed by atoms with Crippen LogP contribution in [0.4, 0.5) is 5.69 Å². The van der Waals surface area contributed by atoms with Gasteiger partial charge in [0.05, 0.1) is 16.8 Å². The molecule has 19 heavy (non-hydrogen) atoms. The summed E-state index contributed by atoms with van der Waals surface area (Å²) in [5.74, 6) is -0.199. The Morgan fingerprint density at radius 2 is 2.26 bits per heavy atom. The number of benzene rings is 1. The van der Waals surface area contributed by atoms with Gasteiger partial charge in [-0.2, -0.15) is 5.10 Å². The quantitative estimate of drug-likeness (QED) is 0.900. The third kappa shape index (κ3) is 3.26. The topological polar surface area (TPSA) is 59.0 Å². The van der Waals surface area contributed by atoms with Gasteiger partial charge in [0.15, 0.2) is 0 Å². The van der Waals surface area contributed by atoms with E-state index in [-0.39, 0.29) is 5.91 Å². The number of rotatable bonds is 4. The molecule has 0 aliphatic heterocycles. The van der Waals surface area contributed by atoms with E-state index in [4.69, 9.17) is 11.6 Å². The molecule has 0 radical (unpaired) electrons. The molecule has 2 N–H and O–H groups in total. The molecule has 0 bridgehead atoms. The number of halogens is 1. The third-order valence-electron chi connectivity index (χ3n) is 2.69. The Bertz CT molecular complexity index is 594. The van der Waals surface area contributed by atoms with Crippen LogP contribution in [0.25, 0.3) is 0 Å². The van der Waals surface area contributed by atoms with Crippen LogP contribution >= 0.6 is 11.6 Å². The molecule has 6 heteroatoms. The number of nitrogens with zero attached hydrogens (tertiary/aromatic N) is 2. The van der Waals surface area contributed by atoms with Crippen LogP contribution in [0.5, 0.6) is 0 Å². The van der Waals surface area contributed by atoms with Gasteiger partial charge in [-0.1, -0.05) is 11.6 Å². The first-order valence-electron chi connectivity index (χ1n) is 5.83. The average Bonchev–Trinajstić information content (AvgIpc) is 2.83. The van der Waals surface area contributed by atoms with Gasteiger partial charge in [0.1, 0.15) is 0 Å². The Morgan fingerprint density at radius 1 is 1.47 bits per heavy atom. The van der Waals surface area contributed by atoms with E-state index in [1.54, 1.807) is 30.1 Å². The van der Waals surface area contributed by atoms with Crippen LogP contribution < -0.4 is 10.6 Å². The number of hydrogen-bond donors (Lipinski definition) is 2. The maximum absolute atomic E-state index is 11.6. The minimum Gasteiger partial charge on any atom is -0.381 e. The van der Waals surface area contributed by atoms with Crippen molar-refractivity contribution in [1.82, 2.24) is 15.1 Å². The highest BCUT2D eigenvalue weighted by atomic mass is 35.5. The monoisotopic (exact) mass is 278 g/mol. The van der Waals surface area contributed by atoms with Crippen LogP contribution in [0.15, 0.2) is 30.6 Å². The normalized spacial score (nSPS) is 10.3. The molecule has 1 amide bonds. The van der Waals surface area contributed by atoms with Crippen LogP contribution in [-0.2, 0) is 13.6 Å². The summed E-state index contributed by atoms with van der Waals surface area (Å²) in [6.07, 6.45) is 3.73. The van der Waals surface area contributed by atoms with Gasteiger partial charge in [0, 0.05) is 38.1 Å². The van der Waals surface area contributed by atoms with Crippen molar-refractivity contribution in [2.45, 2.75) is 6.54 Å². The minimum absolute atomic E-state index is 0.199. The molecule has 0 atom stereocenters. The van der Waals surface area contributed by atoms with Crippen molar-refractivity contribution in [1.29, 1.82) is 0 Å². The molecule has 0 unspecified atom stereocenters. The van der Waals surface area contributed by atoms with E-state index in [2.05, 4.69) is 15.7 Å². The van der Waals surface area contributed by atoms with Gasteiger partial charge in [0.2, 0.25) is 0 Å². The van der Waals surface area contributed by atoms with Gasteiger partial charge in [0.25, 0.3) is 5.91 Å². The fraction of sp³-hybridized carbons (Fsp3) is 0.231. The first-order chi connectivity index (χ1) is 9.10. The maximum atomic E-state index is 11.6. The molecular formula is C13H15ClN4O. The summed E-state index contributed by atoms with van der Waals surface area (Å²) in [5, 5.41) is 10.3. The third-order valence-corrected chi connectivity index (χ3v) is 3.02. The number of carbonyl (C=O) groups is 1. The van der Waals surface area contributed by atoms with Gasteiger partial charge in [-0.25, -0.2) is 0 Å². The number of hydrogen-bond acceptors (Lipinski definition) is 3.